The molecule has 0 radical (unpaired) electrons. The molecule has 1 aromatic rings. The molecule has 2 aliphatic rings. The molecule has 0 bridgehead atoms. The number of likely N-dealkylation sites (tertiary alicyclic amines) is 1. The van der Waals surface area contributed by atoms with Crippen molar-refractivity contribution < 1.29 is 13.9 Å². The summed E-state index contributed by atoms with van der Waals surface area (Å²) in [6.07, 6.45) is 2.45. The van der Waals surface area contributed by atoms with Gasteiger partial charge in [-0.15, -0.1) is 0 Å². The zero-order valence-electron chi connectivity index (χ0n) is 14.5. The molecule has 1 atom stereocenters. The minimum absolute atomic E-state index is 0.207. The number of ether oxygens (including phenoxy) is 2. The first-order valence-electron chi connectivity index (χ1n) is 8.72. The Morgan fingerprint density at radius 3 is 3.12 bits per heavy atom. The quantitative estimate of drug-likeness (QED) is 0.681. The van der Waals surface area contributed by atoms with Crippen molar-refractivity contribution in [3.05, 3.63) is 29.1 Å². The van der Waals surface area contributed by atoms with Crippen molar-refractivity contribution >= 4 is 5.96 Å². The normalized spacial score (nSPS) is 21.2. The van der Waals surface area contributed by atoms with Crippen LogP contribution in [0.25, 0.3) is 0 Å². The molecule has 0 aliphatic carbocycles. The predicted molar refractivity (Wildman–Crippen MR) is 91.5 cm³/mol. The predicted octanol–water partition coefficient (Wildman–Crippen LogP) is 2.89. The van der Waals surface area contributed by atoms with Crippen LogP contribution in [0, 0.1) is 11.7 Å². The number of hydrogen-bond donors (Lipinski definition) is 1. The lowest BCUT2D eigenvalue weighted by Crippen LogP contribution is -2.46. The van der Waals surface area contributed by atoms with Gasteiger partial charge in [-0.3, -0.25) is 0 Å². The van der Waals surface area contributed by atoms with Gasteiger partial charge in [0.05, 0.1) is 13.2 Å². The molecule has 132 valence electrons. The molecule has 0 amide bonds. The van der Waals surface area contributed by atoms with E-state index < -0.39 is 0 Å². The van der Waals surface area contributed by atoms with Crippen molar-refractivity contribution in [2.24, 2.45) is 10.9 Å². The Balaban J connectivity index is 1.80. The molecule has 1 unspecified atom stereocenters. The van der Waals surface area contributed by atoms with Gasteiger partial charge in [-0.2, -0.15) is 0 Å². The summed E-state index contributed by atoms with van der Waals surface area (Å²) < 4.78 is 24.7. The first-order chi connectivity index (χ1) is 11.7. The van der Waals surface area contributed by atoms with Crippen LogP contribution in [0.15, 0.2) is 17.1 Å². The van der Waals surface area contributed by atoms with Crippen molar-refractivity contribution in [3.63, 3.8) is 0 Å². The Kier molecular flexibility index (Phi) is 5.56. The molecule has 0 spiro atoms. The van der Waals surface area contributed by atoms with E-state index in [0.29, 0.717) is 24.8 Å². The Hall–Kier alpha value is -1.82. The second-order valence-electron chi connectivity index (χ2n) is 6.53. The maximum absolute atomic E-state index is 13.8. The van der Waals surface area contributed by atoms with E-state index in [4.69, 9.17) is 14.5 Å². The smallest absolute Gasteiger partial charge is 0.194 e. The monoisotopic (exact) mass is 335 g/mol. The topological polar surface area (TPSA) is 46.1 Å². The fourth-order valence-corrected chi connectivity index (χ4v) is 3.34. The molecule has 0 aromatic heterocycles. The number of halogens is 1. The first kappa shape index (κ1) is 17.0. The molecule has 1 N–H and O–H groups in total. The van der Waals surface area contributed by atoms with Gasteiger partial charge in [0, 0.05) is 30.8 Å². The summed E-state index contributed by atoms with van der Waals surface area (Å²) in [6.45, 7) is 8.16. The minimum atomic E-state index is -0.273. The zero-order chi connectivity index (χ0) is 16.9. The number of nitrogens with one attached hydrogen (secondary N) is 1. The van der Waals surface area contributed by atoms with Crippen molar-refractivity contribution in [1.82, 2.24) is 10.2 Å². The standard InChI is InChI=1S/C18H26FN3O2/c1-3-20-18(22-6-4-5-13(2)10-22)21-9-14-7-16(19)8-15-11-23-12-24-17(14)15/h7-8,13H,3-6,9-12H2,1-2H3,(H,20,21). The molecule has 24 heavy (non-hydrogen) atoms. The number of hydrogen-bond acceptors (Lipinski definition) is 3. The van der Waals surface area contributed by atoms with Crippen molar-refractivity contribution in [3.8, 4) is 5.75 Å². The molecule has 0 saturated carbocycles. The highest BCUT2D eigenvalue weighted by Gasteiger charge is 2.20. The molecular weight excluding hydrogens is 309 g/mol. The maximum atomic E-state index is 13.8. The largest absolute Gasteiger partial charge is 0.467 e. The number of aliphatic imine (C=N–C) groups is 1. The van der Waals surface area contributed by atoms with Crippen LogP contribution in [0.1, 0.15) is 37.8 Å². The fraction of sp³-hybridized carbons (Fsp3) is 0.611. The average Bonchev–Trinajstić information content (AvgIpc) is 2.58. The molecular formula is C18H26FN3O2. The summed E-state index contributed by atoms with van der Waals surface area (Å²) in [5.74, 6) is 2.01. The number of nitrogens with zero attached hydrogens (tertiary/aromatic N) is 2. The number of rotatable bonds is 3. The molecule has 1 saturated heterocycles. The van der Waals surface area contributed by atoms with Crippen LogP contribution in [0.5, 0.6) is 5.75 Å². The average molecular weight is 335 g/mol. The number of benzene rings is 1. The highest BCUT2D eigenvalue weighted by Crippen LogP contribution is 2.30. The molecule has 2 aliphatic heterocycles. The van der Waals surface area contributed by atoms with Crippen LogP contribution < -0.4 is 10.1 Å². The van der Waals surface area contributed by atoms with Crippen LogP contribution in [-0.2, 0) is 17.9 Å². The van der Waals surface area contributed by atoms with Crippen LogP contribution >= 0.6 is 0 Å². The van der Waals surface area contributed by atoms with Crippen LogP contribution in [0.2, 0.25) is 0 Å². The van der Waals surface area contributed by atoms with Gasteiger partial charge >= 0.3 is 0 Å². The fourth-order valence-electron chi connectivity index (χ4n) is 3.34. The summed E-state index contributed by atoms with van der Waals surface area (Å²) in [7, 11) is 0. The summed E-state index contributed by atoms with van der Waals surface area (Å²) in [5, 5.41) is 3.35. The van der Waals surface area contributed by atoms with E-state index in [1.165, 1.54) is 25.0 Å². The third kappa shape index (κ3) is 3.98. The van der Waals surface area contributed by atoms with Gasteiger partial charge in [0.25, 0.3) is 0 Å². The van der Waals surface area contributed by atoms with E-state index >= 15 is 0 Å². The minimum Gasteiger partial charge on any atom is -0.467 e. The summed E-state index contributed by atoms with van der Waals surface area (Å²) in [6, 6.07) is 2.98. The van der Waals surface area contributed by atoms with E-state index in [9.17, 15) is 4.39 Å². The SMILES string of the molecule is CCNC(=NCc1cc(F)cc2c1OCOC2)N1CCCC(C)C1. The highest BCUT2D eigenvalue weighted by molar-refractivity contribution is 5.80. The van der Waals surface area contributed by atoms with Crippen molar-refractivity contribution in [1.29, 1.82) is 0 Å². The maximum Gasteiger partial charge on any atom is 0.194 e. The van der Waals surface area contributed by atoms with Gasteiger partial charge in [-0.05, 0) is 37.8 Å². The van der Waals surface area contributed by atoms with E-state index in [1.807, 2.05) is 0 Å². The molecule has 2 heterocycles. The van der Waals surface area contributed by atoms with Gasteiger partial charge in [0.2, 0.25) is 0 Å². The van der Waals surface area contributed by atoms with Crippen LogP contribution in [0.3, 0.4) is 0 Å². The van der Waals surface area contributed by atoms with Crippen LogP contribution in [0.4, 0.5) is 4.39 Å². The lowest BCUT2D eigenvalue weighted by Gasteiger charge is -2.33. The van der Waals surface area contributed by atoms with Gasteiger partial charge in [-0.1, -0.05) is 6.92 Å². The van der Waals surface area contributed by atoms with Crippen molar-refractivity contribution in [2.75, 3.05) is 26.4 Å². The van der Waals surface area contributed by atoms with Crippen LogP contribution in [-0.4, -0.2) is 37.3 Å². The first-order valence-corrected chi connectivity index (χ1v) is 8.72. The van der Waals surface area contributed by atoms with E-state index in [2.05, 4.69) is 24.1 Å². The molecule has 3 rings (SSSR count). The molecule has 1 aromatic carbocycles. The molecule has 5 nitrogen and oxygen atoms in total. The molecule has 1 fully saturated rings. The van der Waals surface area contributed by atoms with E-state index in [1.54, 1.807) is 0 Å². The number of fused-ring (bicyclic) bond motifs is 1. The second kappa shape index (κ2) is 7.83. The lowest BCUT2D eigenvalue weighted by molar-refractivity contribution is -0.0172. The Bertz CT molecular complexity index is 606. The molecule has 6 heteroatoms. The van der Waals surface area contributed by atoms with Gasteiger partial charge in [0.15, 0.2) is 12.8 Å². The third-order valence-corrected chi connectivity index (χ3v) is 4.44. The Morgan fingerprint density at radius 2 is 2.33 bits per heavy atom. The van der Waals surface area contributed by atoms with E-state index in [-0.39, 0.29) is 12.6 Å². The van der Waals surface area contributed by atoms with E-state index in [0.717, 1.165) is 36.7 Å². The zero-order valence-corrected chi connectivity index (χ0v) is 14.5. The number of guanidine groups is 1. The van der Waals surface area contributed by atoms with Gasteiger partial charge in [0.1, 0.15) is 11.6 Å². The second-order valence-corrected chi connectivity index (χ2v) is 6.53. The lowest BCUT2D eigenvalue weighted by atomic mass is 10.0. The summed E-state index contributed by atoms with van der Waals surface area (Å²) in [4.78, 5) is 7.03. The highest BCUT2D eigenvalue weighted by atomic mass is 19.1. The summed E-state index contributed by atoms with van der Waals surface area (Å²) >= 11 is 0. The summed E-state index contributed by atoms with van der Waals surface area (Å²) in [5.41, 5.74) is 1.52. The third-order valence-electron chi connectivity index (χ3n) is 4.44. The Labute approximate surface area is 142 Å². The van der Waals surface area contributed by atoms with Gasteiger partial charge in [-0.25, -0.2) is 9.38 Å². The van der Waals surface area contributed by atoms with Crippen molar-refractivity contribution in [2.45, 2.75) is 39.8 Å². The number of piperidine rings is 1. The van der Waals surface area contributed by atoms with Gasteiger partial charge < -0.3 is 19.7 Å². The Morgan fingerprint density at radius 1 is 1.46 bits per heavy atom.